The summed E-state index contributed by atoms with van der Waals surface area (Å²) in [5.74, 6) is -0.209. The smallest absolute Gasteiger partial charge is 0.332 e. The summed E-state index contributed by atoms with van der Waals surface area (Å²) in [7, 11) is 0. The SMILES string of the molecule is CCOCC(=O)OC1CCCCCC1. The second-order valence-electron chi connectivity index (χ2n) is 3.74. The van der Waals surface area contributed by atoms with E-state index in [4.69, 9.17) is 9.47 Å². The molecule has 3 heteroatoms. The van der Waals surface area contributed by atoms with Crippen molar-refractivity contribution >= 4 is 5.97 Å². The Hall–Kier alpha value is -0.570. The molecule has 1 saturated carbocycles. The normalized spacial score (nSPS) is 18.9. The molecule has 0 amide bonds. The molecular formula is C11H20O3. The molecule has 0 atom stereocenters. The van der Waals surface area contributed by atoms with E-state index >= 15 is 0 Å². The van der Waals surface area contributed by atoms with Crippen LogP contribution < -0.4 is 0 Å². The van der Waals surface area contributed by atoms with Crippen molar-refractivity contribution in [3.05, 3.63) is 0 Å². The molecule has 1 aliphatic rings. The number of esters is 1. The Morgan fingerprint density at radius 3 is 2.43 bits per heavy atom. The van der Waals surface area contributed by atoms with Crippen molar-refractivity contribution in [2.45, 2.75) is 51.6 Å². The van der Waals surface area contributed by atoms with Crippen LogP contribution in [-0.2, 0) is 14.3 Å². The lowest BCUT2D eigenvalue weighted by molar-refractivity contribution is -0.154. The maximum atomic E-state index is 11.2. The largest absolute Gasteiger partial charge is 0.461 e. The standard InChI is InChI=1S/C11H20O3/c1-2-13-9-11(12)14-10-7-5-3-4-6-8-10/h10H,2-9H2,1H3. The van der Waals surface area contributed by atoms with Gasteiger partial charge in [0.05, 0.1) is 0 Å². The van der Waals surface area contributed by atoms with Gasteiger partial charge in [0.2, 0.25) is 0 Å². The van der Waals surface area contributed by atoms with Crippen LogP contribution >= 0.6 is 0 Å². The van der Waals surface area contributed by atoms with Gasteiger partial charge in [-0.15, -0.1) is 0 Å². The molecule has 0 aromatic carbocycles. The fourth-order valence-corrected chi connectivity index (χ4v) is 1.77. The Labute approximate surface area is 85.8 Å². The summed E-state index contributed by atoms with van der Waals surface area (Å²) < 4.78 is 10.3. The first-order valence-corrected chi connectivity index (χ1v) is 5.60. The van der Waals surface area contributed by atoms with Gasteiger partial charge in [0.1, 0.15) is 12.7 Å². The van der Waals surface area contributed by atoms with Crippen LogP contribution in [0.15, 0.2) is 0 Å². The zero-order valence-electron chi connectivity index (χ0n) is 8.96. The Morgan fingerprint density at radius 1 is 1.21 bits per heavy atom. The molecule has 3 nitrogen and oxygen atoms in total. The first-order chi connectivity index (χ1) is 6.83. The number of carbonyl (C=O) groups excluding carboxylic acids is 1. The van der Waals surface area contributed by atoms with Crippen molar-refractivity contribution in [2.24, 2.45) is 0 Å². The number of carbonyl (C=O) groups is 1. The van der Waals surface area contributed by atoms with Gasteiger partial charge < -0.3 is 9.47 Å². The van der Waals surface area contributed by atoms with Gasteiger partial charge in [-0.2, -0.15) is 0 Å². The van der Waals surface area contributed by atoms with Crippen LogP contribution in [0.1, 0.15) is 45.4 Å². The predicted octanol–water partition coefficient (Wildman–Crippen LogP) is 2.29. The molecule has 0 saturated heterocycles. The van der Waals surface area contributed by atoms with Gasteiger partial charge in [0, 0.05) is 6.61 Å². The predicted molar refractivity (Wildman–Crippen MR) is 54.1 cm³/mol. The summed E-state index contributed by atoms with van der Waals surface area (Å²) >= 11 is 0. The topological polar surface area (TPSA) is 35.5 Å². The molecule has 1 aliphatic carbocycles. The Morgan fingerprint density at radius 2 is 1.86 bits per heavy atom. The molecule has 0 N–H and O–H groups in total. The van der Waals surface area contributed by atoms with E-state index in [2.05, 4.69) is 0 Å². The third kappa shape index (κ3) is 4.61. The van der Waals surface area contributed by atoms with Gasteiger partial charge in [-0.3, -0.25) is 0 Å². The summed E-state index contributed by atoms with van der Waals surface area (Å²) in [6.45, 7) is 2.55. The molecule has 0 bridgehead atoms. The van der Waals surface area contributed by atoms with Crippen molar-refractivity contribution < 1.29 is 14.3 Å². The van der Waals surface area contributed by atoms with Gasteiger partial charge in [-0.05, 0) is 32.6 Å². The maximum absolute atomic E-state index is 11.2. The summed E-state index contributed by atoms with van der Waals surface area (Å²) in [5.41, 5.74) is 0. The highest BCUT2D eigenvalue weighted by Crippen LogP contribution is 2.19. The van der Waals surface area contributed by atoms with Gasteiger partial charge >= 0.3 is 5.97 Å². The van der Waals surface area contributed by atoms with Gasteiger partial charge in [-0.1, -0.05) is 12.8 Å². The third-order valence-corrected chi connectivity index (χ3v) is 2.52. The molecule has 0 unspecified atom stereocenters. The molecule has 0 spiro atoms. The van der Waals surface area contributed by atoms with Crippen LogP contribution in [0, 0.1) is 0 Å². The lowest BCUT2D eigenvalue weighted by atomic mass is 10.1. The summed E-state index contributed by atoms with van der Waals surface area (Å²) in [6.07, 6.45) is 7.12. The average molecular weight is 200 g/mol. The minimum atomic E-state index is -0.209. The summed E-state index contributed by atoms with van der Waals surface area (Å²) in [6, 6.07) is 0. The van der Waals surface area contributed by atoms with Crippen LogP contribution in [0.5, 0.6) is 0 Å². The summed E-state index contributed by atoms with van der Waals surface area (Å²) in [4.78, 5) is 11.2. The second-order valence-corrected chi connectivity index (χ2v) is 3.74. The Kier molecular flexibility index (Phi) is 5.60. The molecule has 0 radical (unpaired) electrons. The van der Waals surface area contributed by atoms with E-state index in [0.717, 1.165) is 12.8 Å². The molecular weight excluding hydrogens is 180 g/mol. The van der Waals surface area contributed by atoms with Gasteiger partial charge in [0.15, 0.2) is 0 Å². The minimum absolute atomic E-state index is 0.104. The van der Waals surface area contributed by atoms with Crippen LogP contribution in [-0.4, -0.2) is 25.3 Å². The van der Waals surface area contributed by atoms with Crippen LogP contribution in [0.2, 0.25) is 0 Å². The highest BCUT2D eigenvalue weighted by atomic mass is 16.6. The molecule has 0 heterocycles. The monoisotopic (exact) mass is 200 g/mol. The second kappa shape index (κ2) is 6.82. The zero-order valence-corrected chi connectivity index (χ0v) is 8.96. The lowest BCUT2D eigenvalue weighted by Crippen LogP contribution is -2.21. The van der Waals surface area contributed by atoms with Crippen LogP contribution in [0.4, 0.5) is 0 Å². The van der Waals surface area contributed by atoms with Crippen molar-refractivity contribution in [2.75, 3.05) is 13.2 Å². The number of hydrogen-bond acceptors (Lipinski definition) is 3. The highest BCUT2D eigenvalue weighted by Gasteiger charge is 2.16. The quantitative estimate of drug-likeness (QED) is 0.516. The highest BCUT2D eigenvalue weighted by molar-refractivity contribution is 5.70. The van der Waals surface area contributed by atoms with Gasteiger partial charge in [0.25, 0.3) is 0 Å². The van der Waals surface area contributed by atoms with Crippen molar-refractivity contribution in [1.29, 1.82) is 0 Å². The van der Waals surface area contributed by atoms with E-state index in [1.165, 1.54) is 25.7 Å². The number of hydrogen-bond donors (Lipinski definition) is 0. The molecule has 0 aromatic rings. The van der Waals surface area contributed by atoms with Crippen molar-refractivity contribution in [1.82, 2.24) is 0 Å². The number of rotatable bonds is 4. The third-order valence-electron chi connectivity index (χ3n) is 2.52. The fraction of sp³-hybridized carbons (Fsp3) is 0.909. The molecule has 1 fully saturated rings. The van der Waals surface area contributed by atoms with Crippen LogP contribution in [0.25, 0.3) is 0 Å². The van der Waals surface area contributed by atoms with Crippen molar-refractivity contribution in [3.8, 4) is 0 Å². The van der Waals surface area contributed by atoms with E-state index in [9.17, 15) is 4.79 Å². The average Bonchev–Trinajstić information content (AvgIpc) is 2.43. The van der Waals surface area contributed by atoms with Crippen molar-refractivity contribution in [3.63, 3.8) is 0 Å². The molecule has 0 aliphatic heterocycles. The molecule has 0 aromatic heterocycles. The first kappa shape index (κ1) is 11.5. The first-order valence-electron chi connectivity index (χ1n) is 5.60. The Balaban J connectivity index is 2.17. The lowest BCUT2D eigenvalue weighted by Gasteiger charge is -2.14. The molecule has 14 heavy (non-hydrogen) atoms. The van der Waals surface area contributed by atoms with E-state index < -0.39 is 0 Å². The van der Waals surface area contributed by atoms with E-state index in [1.807, 2.05) is 6.92 Å². The van der Waals surface area contributed by atoms with Gasteiger partial charge in [-0.25, -0.2) is 4.79 Å². The summed E-state index contributed by atoms with van der Waals surface area (Å²) in [5, 5.41) is 0. The Bertz CT molecular complexity index is 160. The van der Waals surface area contributed by atoms with Crippen LogP contribution in [0.3, 0.4) is 0 Å². The molecule has 82 valence electrons. The fourth-order valence-electron chi connectivity index (χ4n) is 1.77. The zero-order chi connectivity index (χ0) is 10.2. The van der Waals surface area contributed by atoms with E-state index in [-0.39, 0.29) is 18.7 Å². The minimum Gasteiger partial charge on any atom is -0.461 e. The molecule has 1 rings (SSSR count). The van der Waals surface area contributed by atoms with E-state index in [0.29, 0.717) is 6.61 Å². The maximum Gasteiger partial charge on any atom is 0.332 e. The number of ether oxygens (including phenoxy) is 2. The van der Waals surface area contributed by atoms with E-state index in [1.54, 1.807) is 0 Å².